The van der Waals surface area contributed by atoms with Gasteiger partial charge in [-0.2, -0.15) is 0 Å². The van der Waals surface area contributed by atoms with Crippen molar-refractivity contribution in [2.75, 3.05) is 11.9 Å². The molecule has 0 aliphatic carbocycles. The second-order valence-electron chi connectivity index (χ2n) is 5.56. The van der Waals surface area contributed by atoms with Crippen LogP contribution in [0.3, 0.4) is 0 Å². The van der Waals surface area contributed by atoms with Crippen LogP contribution >= 0.6 is 23.6 Å². The summed E-state index contributed by atoms with van der Waals surface area (Å²) in [6.45, 7) is 6.89. The number of carbonyl (C=O) groups excluding carboxylic acids is 1. The first-order chi connectivity index (χ1) is 11.5. The Bertz CT molecular complexity index is 696. The zero-order valence-electron chi connectivity index (χ0n) is 14.1. The first kappa shape index (κ1) is 18.4. The van der Waals surface area contributed by atoms with Gasteiger partial charge in [0.1, 0.15) is 5.00 Å². The quantitative estimate of drug-likeness (QED) is 0.584. The van der Waals surface area contributed by atoms with E-state index >= 15 is 0 Å². The SMILES string of the molecule is CCOC(=O)c1c(C(C)C)csc1NC(=S)NCc1ccccc1. The molecule has 24 heavy (non-hydrogen) atoms. The molecule has 4 nitrogen and oxygen atoms in total. The number of carbonyl (C=O) groups is 1. The van der Waals surface area contributed by atoms with Gasteiger partial charge in [-0.05, 0) is 41.6 Å². The molecule has 1 aromatic heterocycles. The van der Waals surface area contributed by atoms with E-state index in [2.05, 4.69) is 24.5 Å². The van der Waals surface area contributed by atoms with E-state index in [1.807, 2.05) is 35.7 Å². The lowest BCUT2D eigenvalue weighted by atomic mass is 10.0. The van der Waals surface area contributed by atoms with Crippen molar-refractivity contribution < 1.29 is 9.53 Å². The van der Waals surface area contributed by atoms with Crippen LogP contribution in [0, 0.1) is 0 Å². The number of hydrogen-bond acceptors (Lipinski definition) is 4. The minimum absolute atomic E-state index is 0.238. The maximum absolute atomic E-state index is 12.3. The van der Waals surface area contributed by atoms with Gasteiger partial charge in [0.2, 0.25) is 0 Å². The summed E-state index contributed by atoms with van der Waals surface area (Å²) in [6, 6.07) is 10.0. The molecule has 0 saturated carbocycles. The standard InChI is InChI=1S/C18H22N2O2S2/c1-4-22-17(21)15-14(12(2)3)11-24-16(15)20-18(23)19-10-13-8-6-5-7-9-13/h5-9,11-12H,4,10H2,1-3H3,(H2,19,20,23). The van der Waals surface area contributed by atoms with Gasteiger partial charge in [-0.15, -0.1) is 11.3 Å². The summed E-state index contributed by atoms with van der Waals surface area (Å²) in [5.74, 6) is -0.0714. The molecule has 0 atom stereocenters. The number of thiocarbonyl (C=S) groups is 1. The van der Waals surface area contributed by atoms with E-state index in [1.54, 1.807) is 6.92 Å². The molecule has 1 heterocycles. The number of benzene rings is 1. The van der Waals surface area contributed by atoms with Gasteiger partial charge in [0, 0.05) is 6.54 Å². The third-order valence-electron chi connectivity index (χ3n) is 3.44. The van der Waals surface area contributed by atoms with Crippen LogP contribution < -0.4 is 10.6 Å². The molecule has 1 aromatic carbocycles. The highest BCUT2D eigenvalue weighted by Gasteiger charge is 2.22. The number of nitrogens with one attached hydrogen (secondary N) is 2. The second-order valence-corrected chi connectivity index (χ2v) is 6.85. The Balaban J connectivity index is 2.08. The van der Waals surface area contributed by atoms with E-state index in [9.17, 15) is 4.79 Å². The third kappa shape index (κ3) is 4.79. The second kappa shape index (κ2) is 8.80. The smallest absolute Gasteiger partial charge is 0.341 e. The van der Waals surface area contributed by atoms with Gasteiger partial charge in [-0.3, -0.25) is 0 Å². The number of thiophene rings is 1. The summed E-state index contributed by atoms with van der Waals surface area (Å²) in [7, 11) is 0. The predicted molar refractivity (Wildman–Crippen MR) is 104 cm³/mol. The predicted octanol–water partition coefficient (Wildman–Crippen LogP) is 4.53. The molecular formula is C18H22N2O2S2. The van der Waals surface area contributed by atoms with Gasteiger partial charge in [0.25, 0.3) is 0 Å². The molecule has 0 aliphatic rings. The highest BCUT2D eigenvalue weighted by Crippen LogP contribution is 2.33. The molecule has 0 unspecified atom stereocenters. The van der Waals surface area contributed by atoms with Crippen molar-refractivity contribution in [1.29, 1.82) is 0 Å². The topological polar surface area (TPSA) is 50.4 Å². The van der Waals surface area contributed by atoms with Crippen molar-refractivity contribution in [2.45, 2.75) is 33.2 Å². The molecule has 0 bridgehead atoms. The number of anilines is 1. The summed E-state index contributed by atoms with van der Waals surface area (Å²) >= 11 is 6.82. The molecule has 2 rings (SSSR count). The van der Waals surface area contributed by atoms with Crippen LogP contribution in [0.2, 0.25) is 0 Å². The van der Waals surface area contributed by atoms with Crippen molar-refractivity contribution >= 4 is 39.6 Å². The lowest BCUT2D eigenvalue weighted by molar-refractivity contribution is 0.0526. The number of esters is 1. The third-order valence-corrected chi connectivity index (χ3v) is 4.60. The van der Waals surface area contributed by atoms with Gasteiger partial charge in [-0.1, -0.05) is 44.2 Å². The Labute approximate surface area is 152 Å². The fourth-order valence-electron chi connectivity index (χ4n) is 2.23. The number of ether oxygens (including phenoxy) is 1. The Morgan fingerprint density at radius 2 is 2.00 bits per heavy atom. The normalized spacial score (nSPS) is 10.5. The van der Waals surface area contributed by atoms with Gasteiger partial charge in [0.05, 0.1) is 12.2 Å². The minimum Gasteiger partial charge on any atom is -0.462 e. The van der Waals surface area contributed by atoms with Crippen LogP contribution in [0.1, 0.15) is 48.2 Å². The molecule has 0 fully saturated rings. The Morgan fingerprint density at radius 3 is 2.62 bits per heavy atom. The van der Waals surface area contributed by atoms with E-state index in [0.717, 1.165) is 16.1 Å². The summed E-state index contributed by atoms with van der Waals surface area (Å²) in [6.07, 6.45) is 0. The summed E-state index contributed by atoms with van der Waals surface area (Å²) in [4.78, 5) is 12.3. The van der Waals surface area contributed by atoms with Crippen LogP contribution in [0.5, 0.6) is 0 Å². The van der Waals surface area contributed by atoms with E-state index in [-0.39, 0.29) is 11.9 Å². The lowest BCUT2D eigenvalue weighted by Crippen LogP contribution is -2.28. The van der Waals surface area contributed by atoms with E-state index < -0.39 is 0 Å². The number of hydrogen-bond donors (Lipinski definition) is 2. The van der Waals surface area contributed by atoms with Crippen LogP contribution in [0.25, 0.3) is 0 Å². The van der Waals surface area contributed by atoms with Crippen LogP contribution in [0.4, 0.5) is 5.00 Å². The van der Waals surface area contributed by atoms with Gasteiger partial charge in [0.15, 0.2) is 5.11 Å². The van der Waals surface area contributed by atoms with Crippen molar-refractivity contribution in [1.82, 2.24) is 5.32 Å². The maximum Gasteiger partial charge on any atom is 0.341 e. The van der Waals surface area contributed by atoms with Crippen molar-refractivity contribution in [3.63, 3.8) is 0 Å². The zero-order valence-corrected chi connectivity index (χ0v) is 15.7. The Morgan fingerprint density at radius 1 is 1.29 bits per heavy atom. The van der Waals surface area contributed by atoms with Crippen LogP contribution in [-0.4, -0.2) is 17.7 Å². The minimum atomic E-state index is -0.309. The average molecular weight is 363 g/mol. The molecule has 128 valence electrons. The largest absolute Gasteiger partial charge is 0.462 e. The molecule has 6 heteroatoms. The lowest BCUT2D eigenvalue weighted by Gasteiger charge is -2.12. The molecule has 0 aliphatic heterocycles. The zero-order chi connectivity index (χ0) is 17.5. The number of rotatable bonds is 6. The monoisotopic (exact) mass is 362 g/mol. The summed E-state index contributed by atoms with van der Waals surface area (Å²) in [5, 5.41) is 9.49. The molecular weight excluding hydrogens is 340 g/mol. The van der Waals surface area contributed by atoms with Crippen LogP contribution in [-0.2, 0) is 11.3 Å². The summed E-state index contributed by atoms with van der Waals surface area (Å²) in [5.41, 5.74) is 2.70. The van der Waals surface area contributed by atoms with Crippen molar-refractivity contribution in [3.8, 4) is 0 Å². The maximum atomic E-state index is 12.3. The molecule has 2 aromatic rings. The van der Waals surface area contributed by atoms with Crippen molar-refractivity contribution in [3.05, 3.63) is 52.4 Å². The molecule has 0 radical (unpaired) electrons. The van der Waals surface area contributed by atoms with E-state index in [4.69, 9.17) is 17.0 Å². The highest BCUT2D eigenvalue weighted by atomic mass is 32.1. The average Bonchev–Trinajstić information content (AvgIpc) is 2.98. The molecule has 0 spiro atoms. The highest BCUT2D eigenvalue weighted by molar-refractivity contribution is 7.80. The van der Waals surface area contributed by atoms with Gasteiger partial charge in [-0.25, -0.2) is 4.79 Å². The van der Waals surface area contributed by atoms with Gasteiger partial charge >= 0.3 is 5.97 Å². The first-order valence-corrected chi connectivity index (χ1v) is 9.19. The van der Waals surface area contributed by atoms with E-state index in [0.29, 0.717) is 23.8 Å². The summed E-state index contributed by atoms with van der Waals surface area (Å²) < 4.78 is 5.19. The fourth-order valence-corrected chi connectivity index (χ4v) is 3.58. The van der Waals surface area contributed by atoms with Crippen molar-refractivity contribution in [2.24, 2.45) is 0 Å². The van der Waals surface area contributed by atoms with E-state index in [1.165, 1.54) is 11.3 Å². The Hall–Kier alpha value is -1.92. The molecule has 0 saturated heterocycles. The van der Waals surface area contributed by atoms with Crippen LogP contribution in [0.15, 0.2) is 35.7 Å². The first-order valence-electron chi connectivity index (χ1n) is 7.90. The molecule has 0 amide bonds. The fraction of sp³-hybridized carbons (Fsp3) is 0.333. The Kier molecular flexibility index (Phi) is 6.75. The van der Waals surface area contributed by atoms with Gasteiger partial charge < -0.3 is 15.4 Å². The molecule has 2 N–H and O–H groups in total.